The predicted octanol–water partition coefficient (Wildman–Crippen LogP) is 1.50. The van der Waals surface area contributed by atoms with Crippen LogP contribution in [0.3, 0.4) is 0 Å². The molecule has 1 heterocycles. The molecule has 5 heteroatoms. The first-order valence-corrected chi connectivity index (χ1v) is 6.36. The van der Waals surface area contributed by atoms with E-state index in [0.29, 0.717) is 13.0 Å². The molecule has 0 bridgehead atoms. The van der Waals surface area contributed by atoms with E-state index < -0.39 is 11.6 Å². The zero-order valence-electron chi connectivity index (χ0n) is 11.0. The van der Waals surface area contributed by atoms with Crippen molar-refractivity contribution >= 4 is 11.7 Å². The fourth-order valence-corrected chi connectivity index (χ4v) is 2.63. The highest BCUT2D eigenvalue weighted by molar-refractivity contribution is 5.68. The molecule has 0 amide bonds. The van der Waals surface area contributed by atoms with E-state index in [1.807, 2.05) is 29.2 Å². The van der Waals surface area contributed by atoms with E-state index in [1.54, 1.807) is 7.11 Å². The fraction of sp³-hybridized carbons (Fsp3) is 0.500. The minimum absolute atomic E-state index is 0.224. The van der Waals surface area contributed by atoms with Gasteiger partial charge in [-0.1, -0.05) is 12.1 Å². The maximum Gasteiger partial charge on any atom is 0.306 e. The van der Waals surface area contributed by atoms with Gasteiger partial charge in [-0.05, 0) is 25.0 Å². The second-order valence-electron chi connectivity index (χ2n) is 4.99. The van der Waals surface area contributed by atoms with E-state index in [1.165, 1.54) is 0 Å². The molecule has 0 aliphatic carbocycles. The second-order valence-corrected chi connectivity index (χ2v) is 4.99. The summed E-state index contributed by atoms with van der Waals surface area (Å²) in [6.45, 7) is 1.11. The normalized spacial score (nSPS) is 23.2. The standard InChI is InChI=1S/C14H19NO4/c1-19-12-6-3-2-5-11(12)15-8-4-7-14(18,10-15)9-13(16)17/h2-3,5-6,18H,4,7-10H2,1H3,(H,16,17). The Balaban J connectivity index is 2.19. The molecule has 0 aromatic heterocycles. The summed E-state index contributed by atoms with van der Waals surface area (Å²) >= 11 is 0. The van der Waals surface area contributed by atoms with Gasteiger partial charge in [0.1, 0.15) is 5.75 Å². The van der Waals surface area contributed by atoms with Crippen LogP contribution in [0.1, 0.15) is 19.3 Å². The zero-order chi connectivity index (χ0) is 13.9. The number of hydrogen-bond acceptors (Lipinski definition) is 4. The predicted molar refractivity (Wildman–Crippen MR) is 71.6 cm³/mol. The molecule has 0 spiro atoms. The van der Waals surface area contributed by atoms with Gasteiger partial charge in [0, 0.05) is 13.1 Å². The third-order valence-electron chi connectivity index (χ3n) is 3.46. The fourth-order valence-electron chi connectivity index (χ4n) is 2.63. The molecular formula is C14H19NO4. The quantitative estimate of drug-likeness (QED) is 0.863. The molecule has 0 saturated carbocycles. The van der Waals surface area contributed by atoms with E-state index in [0.717, 1.165) is 24.4 Å². The number of carboxylic acids is 1. The molecule has 0 radical (unpaired) electrons. The van der Waals surface area contributed by atoms with Gasteiger partial charge in [0.15, 0.2) is 0 Å². The number of para-hydroxylation sites is 2. The number of hydrogen-bond donors (Lipinski definition) is 2. The molecule has 1 fully saturated rings. The zero-order valence-corrected chi connectivity index (χ0v) is 11.0. The van der Waals surface area contributed by atoms with Gasteiger partial charge in [-0.25, -0.2) is 0 Å². The van der Waals surface area contributed by atoms with Gasteiger partial charge >= 0.3 is 5.97 Å². The first kappa shape index (κ1) is 13.7. The average molecular weight is 265 g/mol. The molecule has 1 atom stereocenters. The topological polar surface area (TPSA) is 70.0 Å². The summed E-state index contributed by atoms with van der Waals surface area (Å²) in [5.41, 5.74) is -0.265. The van der Waals surface area contributed by atoms with Crippen LogP contribution >= 0.6 is 0 Å². The van der Waals surface area contributed by atoms with Crippen molar-refractivity contribution in [3.8, 4) is 5.75 Å². The van der Waals surface area contributed by atoms with Gasteiger partial charge in [0.2, 0.25) is 0 Å². The molecule has 1 unspecified atom stereocenters. The van der Waals surface area contributed by atoms with Crippen LogP contribution in [-0.4, -0.2) is 42.0 Å². The van der Waals surface area contributed by atoms with E-state index in [4.69, 9.17) is 9.84 Å². The third kappa shape index (κ3) is 3.17. The number of ether oxygens (including phenoxy) is 1. The van der Waals surface area contributed by atoms with Crippen LogP contribution in [0.4, 0.5) is 5.69 Å². The molecule has 1 aromatic rings. The van der Waals surface area contributed by atoms with Gasteiger partial charge in [0.25, 0.3) is 0 Å². The van der Waals surface area contributed by atoms with Crippen LogP contribution in [0.2, 0.25) is 0 Å². The van der Waals surface area contributed by atoms with Crippen LogP contribution in [0.15, 0.2) is 24.3 Å². The molecule has 1 saturated heterocycles. The number of nitrogens with zero attached hydrogens (tertiary/aromatic N) is 1. The molecule has 1 aliphatic heterocycles. The van der Waals surface area contributed by atoms with Crippen LogP contribution in [-0.2, 0) is 4.79 Å². The van der Waals surface area contributed by atoms with Crippen LogP contribution in [0.25, 0.3) is 0 Å². The van der Waals surface area contributed by atoms with Crippen molar-refractivity contribution in [2.45, 2.75) is 24.9 Å². The van der Waals surface area contributed by atoms with Gasteiger partial charge < -0.3 is 19.8 Å². The first-order valence-electron chi connectivity index (χ1n) is 6.36. The molecule has 19 heavy (non-hydrogen) atoms. The molecule has 2 N–H and O–H groups in total. The Morgan fingerprint density at radius 1 is 1.47 bits per heavy atom. The number of β-amino-alcohol motifs (C(OH)–C–C–N with tert-alkyl or cyclic N) is 1. The van der Waals surface area contributed by atoms with Gasteiger partial charge in [-0.3, -0.25) is 4.79 Å². The summed E-state index contributed by atoms with van der Waals surface area (Å²) in [4.78, 5) is 12.8. The summed E-state index contributed by atoms with van der Waals surface area (Å²) in [5, 5.41) is 19.3. The van der Waals surface area contributed by atoms with Crippen molar-refractivity contribution in [2.24, 2.45) is 0 Å². The average Bonchev–Trinajstić information content (AvgIpc) is 2.37. The summed E-state index contributed by atoms with van der Waals surface area (Å²) in [5.74, 6) is -0.230. The number of rotatable bonds is 4. The number of aliphatic hydroxyl groups is 1. The SMILES string of the molecule is COc1ccccc1N1CCCC(O)(CC(=O)O)C1. The molecular weight excluding hydrogens is 246 g/mol. The van der Waals surface area contributed by atoms with E-state index >= 15 is 0 Å². The lowest BCUT2D eigenvalue weighted by molar-refractivity contribution is -0.142. The monoisotopic (exact) mass is 265 g/mol. The number of carboxylic acid groups (broad SMARTS) is 1. The van der Waals surface area contributed by atoms with Crippen LogP contribution in [0, 0.1) is 0 Å². The van der Waals surface area contributed by atoms with Crippen molar-refractivity contribution in [3.05, 3.63) is 24.3 Å². The van der Waals surface area contributed by atoms with E-state index in [-0.39, 0.29) is 6.42 Å². The lowest BCUT2D eigenvalue weighted by Crippen LogP contribution is -2.49. The van der Waals surface area contributed by atoms with Gasteiger partial charge in [-0.2, -0.15) is 0 Å². The smallest absolute Gasteiger partial charge is 0.306 e. The molecule has 1 aromatic carbocycles. The lowest BCUT2D eigenvalue weighted by Gasteiger charge is -2.40. The summed E-state index contributed by atoms with van der Waals surface area (Å²) in [6, 6.07) is 7.57. The van der Waals surface area contributed by atoms with Crippen molar-refractivity contribution in [1.29, 1.82) is 0 Å². The third-order valence-corrected chi connectivity index (χ3v) is 3.46. The second kappa shape index (κ2) is 5.48. The highest BCUT2D eigenvalue weighted by Crippen LogP contribution is 2.33. The Kier molecular flexibility index (Phi) is 3.95. The minimum atomic E-state index is -1.16. The number of piperidine rings is 1. The minimum Gasteiger partial charge on any atom is -0.495 e. The molecule has 1 aliphatic rings. The maximum absolute atomic E-state index is 10.8. The van der Waals surface area contributed by atoms with Crippen molar-refractivity contribution in [3.63, 3.8) is 0 Å². The van der Waals surface area contributed by atoms with Gasteiger partial charge in [0.05, 0.1) is 24.8 Å². The van der Waals surface area contributed by atoms with Crippen LogP contribution < -0.4 is 9.64 Å². The van der Waals surface area contributed by atoms with E-state index in [9.17, 15) is 9.90 Å². The molecule has 2 rings (SSSR count). The lowest BCUT2D eigenvalue weighted by atomic mass is 9.89. The van der Waals surface area contributed by atoms with Crippen molar-refractivity contribution in [1.82, 2.24) is 0 Å². The first-order chi connectivity index (χ1) is 9.04. The number of methoxy groups -OCH3 is 1. The highest BCUT2D eigenvalue weighted by Gasteiger charge is 2.36. The van der Waals surface area contributed by atoms with Crippen molar-refractivity contribution < 1.29 is 19.7 Å². The van der Waals surface area contributed by atoms with Crippen molar-refractivity contribution in [2.75, 3.05) is 25.1 Å². The largest absolute Gasteiger partial charge is 0.495 e. The Hall–Kier alpha value is -1.75. The Labute approximate surface area is 112 Å². The number of aliphatic carboxylic acids is 1. The maximum atomic E-state index is 10.8. The summed E-state index contributed by atoms with van der Waals surface area (Å²) in [6.07, 6.45) is 1.06. The van der Waals surface area contributed by atoms with E-state index in [2.05, 4.69) is 0 Å². The Bertz CT molecular complexity index is 463. The van der Waals surface area contributed by atoms with Gasteiger partial charge in [-0.15, -0.1) is 0 Å². The number of carbonyl (C=O) groups is 1. The molecule has 5 nitrogen and oxygen atoms in total. The molecule has 104 valence electrons. The Morgan fingerprint density at radius 3 is 2.89 bits per heavy atom. The number of anilines is 1. The highest BCUT2D eigenvalue weighted by atomic mass is 16.5. The van der Waals surface area contributed by atoms with Crippen LogP contribution in [0.5, 0.6) is 5.75 Å². The summed E-state index contributed by atoms with van der Waals surface area (Å²) < 4.78 is 5.31. The Morgan fingerprint density at radius 2 is 2.21 bits per heavy atom. The summed E-state index contributed by atoms with van der Waals surface area (Å²) in [7, 11) is 1.60. The number of benzene rings is 1.